The quantitative estimate of drug-likeness (QED) is 0.329. The summed E-state index contributed by atoms with van der Waals surface area (Å²) < 4.78 is 2.29. The molecule has 0 saturated carbocycles. The molecular formula is C29H37ClN4O3. The van der Waals surface area contributed by atoms with Crippen LogP contribution in [0.3, 0.4) is 0 Å². The molecule has 8 heteroatoms. The molecule has 0 amide bonds. The molecule has 6 N–H and O–H groups in total. The second-order valence-electron chi connectivity index (χ2n) is 10.4. The number of anilines is 1. The van der Waals surface area contributed by atoms with Gasteiger partial charge in [-0.15, -0.1) is 0 Å². The van der Waals surface area contributed by atoms with Crippen LogP contribution in [-0.4, -0.2) is 32.9 Å². The third-order valence-electron chi connectivity index (χ3n) is 6.01. The molecule has 4 rings (SSSR count). The lowest BCUT2D eigenvalue weighted by Gasteiger charge is -2.34. The highest BCUT2D eigenvalue weighted by Gasteiger charge is 2.29. The molecule has 0 aliphatic carbocycles. The number of nitrogens with zero attached hydrogens (tertiary/aromatic N) is 2. The summed E-state index contributed by atoms with van der Waals surface area (Å²) in [5, 5.41) is 19.9. The van der Waals surface area contributed by atoms with E-state index in [1.54, 1.807) is 32.9 Å². The number of aromatic nitrogens is 1. The van der Waals surface area contributed by atoms with Crippen LogP contribution in [0.15, 0.2) is 54.0 Å². The van der Waals surface area contributed by atoms with Gasteiger partial charge in [-0.3, -0.25) is 4.79 Å². The van der Waals surface area contributed by atoms with Gasteiger partial charge in [0.15, 0.2) is 0 Å². The van der Waals surface area contributed by atoms with Crippen molar-refractivity contribution in [3.63, 3.8) is 0 Å². The number of benzene rings is 2. The van der Waals surface area contributed by atoms with E-state index in [9.17, 15) is 9.90 Å². The minimum atomic E-state index is -0.876. The monoisotopic (exact) mass is 524 g/mol. The largest absolute Gasteiger partial charge is 0.481 e. The Hall–Kier alpha value is -3.42. The van der Waals surface area contributed by atoms with Crippen LogP contribution in [0.2, 0.25) is 5.02 Å². The number of carboxylic acids is 1. The lowest BCUT2D eigenvalue weighted by atomic mass is 9.88. The van der Waals surface area contributed by atoms with Crippen molar-refractivity contribution in [2.75, 3.05) is 11.4 Å². The number of carboxylic acid groups (broad SMARTS) is 1. The second-order valence-corrected chi connectivity index (χ2v) is 10.9. The first-order chi connectivity index (χ1) is 17.2. The molecule has 2 heterocycles. The van der Waals surface area contributed by atoms with Crippen LogP contribution < -0.4 is 16.4 Å². The summed E-state index contributed by atoms with van der Waals surface area (Å²) in [5.41, 5.74) is 19.1. The Balaban J connectivity index is 0.000000695. The first kappa shape index (κ1) is 28.2. The molecule has 0 bridgehead atoms. The number of halogens is 1. The standard InChI is InChI=1S/C25H27ClN4O2.C4H10O/c1-14(27)4-9-21(28)30-11-10-29-15(2)12-20-23(17-5-7-18(26)8-6-17)19(13-22(31)32)16(3)24(30)25(20)29;1-4(2,3)5/h4-9,12H,10-11,13,27-28H2,1-3H3,(H,31,32);5H,1-3H3/b14-4-,21-9+;. The molecule has 0 unspecified atom stereocenters. The number of allylic oxidation sites excluding steroid dienone is 3. The van der Waals surface area contributed by atoms with Gasteiger partial charge in [0.2, 0.25) is 0 Å². The zero-order valence-electron chi connectivity index (χ0n) is 22.4. The Bertz CT molecular complexity index is 1370. The number of aryl methyl sites for hydroxylation is 1. The van der Waals surface area contributed by atoms with Crippen molar-refractivity contribution in [3.05, 3.63) is 75.8 Å². The van der Waals surface area contributed by atoms with Crippen molar-refractivity contribution >= 4 is 34.2 Å². The summed E-state index contributed by atoms with van der Waals surface area (Å²) >= 11 is 6.13. The maximum Gasteiger partial charge on any atom is 0.307 e. The van der Waals surface area contributed by atoms with Crippen LogP contribution in [0.1, 0.15) is 44.5 Å². The number of hydrogen-bond acceptors (Lipinski definition) is 5. The van der Waals surface area contributed by atoms with E-state index < -0.39 is 11.6 Å². The molecule has 7 nitrogen and oxygen atoms in total. The molecule has 0 atom stereocenters. The Morgan fingerprint density at radius 3 is 2.24 bits per heavy atom. The van der Waals surface area contributed by atoms with E-state index in [2.05, 4.69) is 22.5 Å². The molecule has 0 radical (unpaired) electrons. The molecule has 1 aliphatic heterocycles. The molecule has 0 spiro atoms. The van der Waals surface area contributed by atoms with Gasteiger partial charge in [-0.25, -0.2) is 0 Å². The molecule has 1 aromatic heterocycles. The van der Waals surface area contributed by atoms with Gasteiger partial charge in [-0.1, -0.05) is 23.7 Å². The van der Waals surface area contributed by atoms with E-state index in [0.717, 1.165) is 51.1 Å². The van der Waals surface area contributed by atoms with Crippen LogP contribution >= 0.6 is 11.6 Å². The fraction of sp³-hybridized carbons (Fsp3) is 0.345. The molecular weight excluding hydrogens is 488 g/mol. The molecule has 0 saturated heterocycles. The number of rotatable bonds is 5. The van der Waals surface area contributed by atoms with E-state index in [1.165, 1.54) is 0 Å². The topological polar surface area (TPSA) is 118 Å². The second kappa shape index (κ2) is 10.9. The van der Waals surface area contributed by atoms with E-state index in [1.807, 2.05) is 38.1 Å². The van der Waals surface area contributed by atoms with Crippen LogP contribution in [0.4, 0.5) is 5.69 Å². The highest BCUT2D eigenvalue weighted by atomic mass is 35.5. The predicted octanol–water partition coefficient (Wildman–Crippen LogP) is 5.47. The number of aliphatic carboxylic acids is 1. The van der Waals surface area contributed by atoms with Crippen molar-refractivity contribution in [1.82, 2.24) is 4.57 Å². The zero-order valence-corrected chi connectivity index (χ0v) is 23.1. The van der Waals surface area contributed by atoms with Gasteiger partial charge in [0.05, 0.1) is 23.2 Å². The van der Waals surface area contributed by atoms with Gasteiger partial charge < -0.3 is 31.1 Å². The summed E-state index contributed by atoms with van der Waals surface area (Å²) in [6.07, 6.45) is 3.49. The summed E-state index contributed by atoms with van der Waals surface area (Å²) in [4.78, 5) is 13.9. The van der Waals surface area contributed by atoms with E-state index in [0.29, 0.717) is 23.1 Å². The first-order valence-electron chi connectivity index (χ1n) is 12.2. The highest BCUT2D eigenvalue weighted by molar-refractivity contribution is 6.30. The fourth-order valence-corrected chi connectivity index (χ4v) is 4.73. The predicted molar refractivity (Wildman–Crippen MR) is 153 cm³/mol. The normalized spacial score (nSPS) is 14.0. The number of nitrogens with two attached hydrogens (primary N) is 2. The number of hydrogen-bond donors (Lipinski definition) is 4. The lowest BCUT2D eigenvalue weighted by Crippen LogP contribution is -2.35. The first-order valence-corrected chi connectivity index (χ1v) is 12.6. The van der Waals surface area contributed by atoms with Crippen LogP contribution in [0, 0.1) is 13.8 Å². The molecule has 1 aliphatic rings. The SMILES string of the molecule is C/C(N)=C/C=C(\N)N1CCn2c(C)cc3c(-c4ccc(Cl)cc4)c(CC(=O)O)c(C)c1c32.CC(C)(C)O. The van der Waals surface area contributed by atoms with E-state index in [-0.39, 0.29) is 6.42 Å². The third-order valence-corrected chi connectivity index (χ3v) is 6.27. The highest BCUT2D eigenvalue weighted by Crippen LogP contribution is 2.45. The molecule has 0 fully saturated rings. The van der Waals surface area contributed by atoms with Crippen molar-refractivity contribution in [2.24, 2.45) is 11.5 Å². The zero-order chi connectivity index (χ0) is 27.7. The Labute approximate surface area is 223 Å². The maximum absolute atomic E-state index is 11.9. The minimum absolute atomic E-state index is 0.0871. The van der Waals surface area contributed by atoms with Crippen LogP contribution in [0.5, 0.6) is 0 Å². The van der Waals surface area contributed by atoms with Crippen molar-refractivity contribution in [2.45, 2.75) is 60.1 Å². The minimum Gasteiger partial charge on any atom is -0.481 e. The average Bonchev–Trinajstić information content (AvgIpc) is 3.11. The van der Waals surface area contributed by atoms with Gasteiger partial charge in [0.1, 0.15) is 5.82 Å². The van der Waals surface area contributed by atoms with Crippen molar-refractivity contribution < 1.29 is 15.0 Å². The summed E-state index contributed by atoms with van der Waals surface area (Å²) in [6.45, 7) is 12.6. The summed E-state index contributed by atoms with van der Waals surface area (Å²) in [6, 6.07) is 9.70. The fourth-order valence-electron chi connectivity index (χ4n) is 4.61. The molecule has 37 heavy (non-hydrogen) atoms. The number of aliphatic hydroxyl groups is 1. The van der Waals surface area contributed by atoms with Gasteiger partial charge in [0, 0.05) is 34.9 Å². The summed E-state index contributed by atoms with van der Waals surface area (Å²) in [5.74, 6) is -0.302. The van der Waals surface area contributed by atoms with Crippen LogP contribution in [-0.2, 0) is 17.8 Å². The van der Waals surface area contributed by atoms with Gasteiger partial charge >= 0.3 is 5.97 Å². The van der Waals surface area contributed by atoms with Gasteiger partial charge in [0.25, 0.3) is 0 Å². The van der Waals surface area contributed by atoms with E-state index >= 15 is 0 Å². The number of carbonyl (C=O) groups is 1. The molecule has 198 valence electrons. The van der Waals surface area contributed by atoms with Crippen molar-refractivity contribution in [3.8, 4) is 11.1 Å². The van der Waals surface area contributed by atoms with E-state index in [4.69, 9.17) is 28.2 Å². The molecule has 3 aromatic rings. The molecule has 2 aromatic carbocycles. The Morgan fingerprint density at radius 2 is 1.70 bits per heavy atom. The summed E-state index contributed by atoms with van der Waals surface area (Å²) in [7, 11) is 0. The van der Waals surface area contributed by atoms with Gasteiger partial charge in [-0.05, 0) is 94.1 Å². The maximum atomic E-state index is 11.9. The smallest absolute Gasteiger partial charge is 0.307 e. The van der Waals surface area contributed by atoms with Crippen LogP contribution in [0.25, 0.3) is 22.0 Å². The average molecular weight is 525 g/mol. The third kappa shape index (κ3) is 6.48. The van der Waals surface area contributed by atoms with Gasteiger partial charge in [-0.2, -0.15) is 0 Å². The Morgan fingerprint density at radius 1 is 1.11 bits per heavy atom. The van der Waals surface area contributed by atoms with Crippen molar-refractivity contribution in [1.29, 1.82) is 0 Å². The lowest BCUT2D eigenvalue weighted by molar-refractivity contribution is -0.136. The Kier molecular flexibility index (Phi) is 8.30.